The largest absolute Gasteiger partial charge is 0.487 e. The molecule has 17 heavy (non-hydrogen) atoms. The predicted octanol–water partition coefficient (Wildman–Crippen LogP) is 2.99. The fourth-order valence-corrected chi connectivity index (χ4v) is 1.29. The van der Waals surface area contributed by atoms with Crippen LogP contribution in [0.15, 0.2) is 30.3 Å². The summed E-state index contributed by atoms with van der Waals surface area (Å²) in [5.74, 6) is -1.29. The van der Waals surface area contributed by atoms with Crippen LogP contribution in [0.2, 0.25) is 5.15 Å². The van der Waals surface area contributed by atoms with Crippen molar-refractivity contribution in [3.8, 4) is 5.75 Å². The van der Waals surface area contributed by atoms with E-state index in [0.29, 0.717) is 5.69 Å². The molecule has 0 spiro atoms. The minimum absolute atomic E-state index is 0.0626. The Bertz CT molecular complexity index is 499. The molecule has 0 aliphatic heterocycles. The molecule has 0 bridgehead atoms. The standard InChI is InChI=1S/C11H7ClF2N2O/c12-11-2-1-9(15-16-11)6-17-10-4-7(13)3-8(14)5-10/h1-5H,6H2. The van der Waals surface area contributed by atoms with Crippen molar-refractivity contribution in [3.63, 3.8) is 0 Å². The average Bonchev–Trinajstić information content (AvgIpc) is 2.27. The maximum absolute atomic E-state index is 12.8. The second kappa shape index (κ2) is 5.05. The van der Waals surface area contributed by atoms with E-state index in [2.05, 4.69) is 10.2 Å². The third kappa shape index (κ3) is 3.35. The molecule has 0 saturated heterocycles. The number of halogens is 3. The number of rotatable bonds is 3. The van der Waals surface area contributed by atoms with Crippen LogP contribution >= 0.6 is 11.6 Å². The van der Waals surface area contributed by atoms with E-state index in [-0.39, 0.29) is 17.5 Å². The summed E-state index contributed by atoms with van der Waals surface area (Å²) in [4.78, 5) is 0. The quantitative estimate of drug-likeness (QED) is 0.847. The zero-order valence-corrected chi connectivity index (χ0v) is 9.29. The number of hydrogen-bond donors (Lipinski definition) is 0. The Hall–Kier alpha value is -1.75. The fourth-order valence-electron chi connectivity index (χ4n) is 1.19. The van der Waals surface area contributed by atoms with Gasteiger partial charge in [0.15, 0.2) is 5.15 Å². The van der Waals surface area contributed by atoms with Crippen molar-refractivity contribution in [3.05, 3.63) is 52.8 Å². The first-order valence-corrected chi connectivity index (χ1v) is 5.08. The SMILES string of the molecule is Fc1cc(F)cc(OCc2ccc(Cl)nn2)c1. The molecule has 1 aromatic carbocycles. The highest BCUT2D eigenvalue weighted by atomic mass is 35.5. The highest BCUT2D eigenvalue weighted by Gasteiger charge is 2.03. The number of hydrogen-bond acceptors (Lipinski definition) is 3. The van der Waals surface area contributed by atoms with Gasteiger partial charge in [0.05, 0.1) is 0 Å². The minimum Gasteiger partial charge on any atom is -0.487 e. The van der Waals surface area contributed by atoms with E-state index in [0.717, 1.165) is 18.2 Å². The summed E-state index contributed by atoms with van der Waals surface area (Å²) in [6.07, 6.45) is 0. The van der Waals surface area contributed by atoms with E-state index >= 15 is 0 Å². The Kier molecular flexibility index (Phi) is 3.49. The van der Waals surface area contributed by atoms with Gasteiger partial charge in [-0.1, -0.05) is 11.6 Å². The van der Waals surface area contributed by atoms with Crippen molar-refractivity contribution in [2.75, 3.05) is 0 Å². The first-order valence-electron chi connectivity index (χ1n) is 4.70. The third-order valence-corrected chi connectivity index (χ3v) is 2.11. The van der Waals surface area contributed by atoms with Crippen LogP contribution < -0.4 is 4.74 Å². The Labute approximate surface area is 101 Å². The lowest BCUT2D eigenvalue weighted by Crippen LogP contribution is -2.00. The van der Waals surface area contributed by atoms with Crippen molar-refractivity contribution >= 4 is 11.6 Å². The van der Waals surface area contributed by atoms with Gasteiger partial charge in [0.2, 0.25) is 0 Å². The van der Waals surface area contributed by atoms with Gasteiger partial charge in [-0.2, -0.15) is 5.10 Å². The molecule has 0 unspecified atom stereocenters. The fraction of sp³-hybridized carbons (Fsp3) is 0.0909. The number of ether oxygens (including phenoxy) is 1. The Balaban J connectivity index is 2.04. The van der Waals surface area contributed by atoms with Crippen molar-refractivity contribution in [1.82, 2.24) is 10.2 Å². The van der Waals surface area contributed by atoms with E-state index in [1.165, 1.54) is 0 Å². The van der Waals surface area contributed by atoms with E-state index in [1.54, 1.807) is 12.1 Å². The molecule has 0 saturated carbocycles. The first kappa shape index (κ1) is 11.7. The summed E-state index contributed by atoms with van der Waals surface area (Å²) in [6.45, 7) is 0.0626. The summed E-state index contributed by atoms with van der Waals surface area (Å²) in [5.41, 5.74) is 0.513. The van der Waals surface area contributed by atoms with Crippen molar-refractivity contribution in [2.24, 2.45) is 0 Å². The van der Waals surface area contributed by atoms with Crippen LogP contribution in [0.25, 0.3) is 0 Å². The Morgan fingerprint density at radius 1 is 1.06 bits per heavy atom. The molecule has 0 radical (unpaired) electrons. The first-order chi connectivity index (χ1) is 8.13. The maximum atomic E-state index is 12.8. The topological polar surface area (TPSA) is 35.0 Å². The van der Waals surface area contributed by atoms with Gasteiger partial charge in [0.25, 0.3) is 0 Å². The van der Waals surface area contributed by atoms with Crippen molar-refractivity contribution in [1.29, 1.82) is 0 Å². The molecule has 6 heteroatoms. The van der Waals surface area contributed by atoms with Gasteiger partial charge in [-0.3, -0.25) is 0 Å². The molecule has 3 nitrogen and oxygen atoms in total. The van der Waals surface area contributed by atoms with E-state index in [1.807, 2.05) is 0 Å². The molecule has 88 valence electrons. The monoisotopic (exact) mass is 256 g/mol. The zero-order chi connectivity index (χ0) is 12.3. The highest BCUT2D eigenvalue weighted by molar-refractivity contribution is 6.29. The average molecular weight is 257 g/mol. The lowest BCUT2D eigenvalue weighted by molar-refractivity contribution is 0.296. The lowest BCUT2D eigenvalue weighted by atomic mass is 10.3. The highest BCUT2D eigenvalue weighted by Crippen LogP contribution is 2.16. The Morgan fingerprint density at radius 3 is 2.35 bits per heavy atom. The predicted molar refractivity (Wildman–Crippen MR) is 57.7 cm³/mol. The van der Waals surface area contributed by atoms with Crippen molar-refractivity contribution in [2.45, 2.75) is 6.61 Å². The third-order valence-electron chi connectivity index (χ3n) is 1.91. The van der Waals surface area contributed by atoms with Gasteiger partial charge in [-0.25, -0.2) is 8.78 Å². The molecule has 0 N–H and O–H groups in total. The second-order valence-electron chi connectivity index (χ2n) is 3.24. The smallest absolute Gasteiger partial charge is 0.151 e. The Morgan fingerprint density at radius 2 is 1.76 bits per heavy atom. The molecule has 1 heterocycles. The molecule has 0 atom stereocenters. The van der Waals surface area contributed by atoms with Crippen LogP contribution in [-0.2, 0) is 6.61 Å². The number of benzene rings is 1. The zero-order valence-electron chi connectivity index (χ0n) is 8.53. The molecular weight excluding hydrogens is 250 g/mol. The van der Waals surface area contributed by atoms with Crippen LogP contribution in [0.3, 0.4) is 0 Å². The normalized spacial score (nSPS) is 10.3. The number of aromatic nitrogens is 2. The molecule has 0 amide bonds. The molecule has 2 aromatic rings. The van der Waals surface area contributed by atoms with Crippen LogP contribution in [-0.4, -0.2) is 10.2 Å². The summed E-state index contributed by atoms with van der Waals surface area (Å²) < 4.78 is 30.9. The summed E-state index contributed by atoms with van der Waals surface area (Å²) in [6, 6.07) is 6.12. The van der Waals surface area contributed by atoms with Gasteiger partial charge in [-0.05, 0) is 12.1 Å². The summed E-state index contributed by atoms with van der Waals surface area (Å²) >= 11 is 5.56. The van der Waals surface area contributed by atoms with Gasteiger partial charge < -0.3 is 4.74 Å². The maximum Gasteiger partial charge on any atom is 0.151 e. The van der Waals surface area contributed by atoms with E-state index in [4.69, 9.17) is 16.3 Å². The molecule has 1 aromatic heterocycles. The van der Waals surface area contributed by atoms with E-state index < -0.39 is 11.6 Å². The summed E-state index contributed by atoms with van der Waals surface area (Å²) in [5, 5.41) is 7.63. The molecule has 0 aliphatic carbocycles. The molecular formula is C11H7ClF2N2O. The van der Waals surface area contributed by atoms with E-state index in [9.17, 15) is 8.78 Å². The second-order valence-corrected chi connectivity index (χ2v) is 3.63. The van der Waals surface area contributed by atoms with Crippen LogP contribution in [0.1, 0.15) is 5.69 Å². The number of nitrogens with zero attached hydrogens (tertiary/aromatic N) is 2. The van der Waals surface area contributed by atoms with Gasteiger partial charge in [0, 0.05) is 18.2 Å². The van der Waals surface area contributed by atoms with Crippen molar-refractivity contribution < 1.29 is 13.5 Å². The van der Waals surface area contributed by atoms with Gasteiger partial charge in [-0.15, -0.1) is 5.10 Å². The van der Waals surface area contributed by atoms with Gasteiger partial charge >= 0.3 is 0 Å². The van der Waals surface area contributed by atoms with Crippen LogP contribution in [0.4, 0.5) is 8.78 Å². The molecule has 0 fully saturated rings. The van der Waals surface area contributed by atoms with Gasteiger partial charge in [0.1, 0.15) is 29.7 Å². The van der Waals surface area contributed by atoms with Crippen LogP contribution in [0, 0.1) is 11.6 Å². The summed E-state index contributed by atoms with van der Waals surface area (Å²) in [7, 11) is 0. The lowest BCUT2D eigenvalue weighted by Gasteiger charge is -2.05. The molecule has 2 rings (SSSR count). The minimum atomic E-state index is -0.692. The van der Waals surface area contributed by atoms with Crippen LogP contribution in [0.5, 0.6) is 5.75 Å². The molecule has 0 aliphatic rings.